The molecule has 0 saturated carbocycles. The number of nitrogens with zero attached hydrogens (tertiary/aromatic N) is 4. The lowest BCUT2D eigenvalue weighted by atomic mass is 10.2. The molecular weight excluding hydrogens is 308 g/mol. The predicted octanol–water partition coefficient (Wildman–Crippen LogP) is 1.79. The molecule has 2 aromatic carbocycles. The van der Waals surface area contributed by atoms with Crippen molar-refractivity contribution in [3.63, 3.8) is 0 Å². The van der Waals surface area contributed by atoms with Crippen LogP contribution < -0.4 is 9.47 Å². The molecule has 3 rings (SSSR count). The van der Waals surface area contributed by atoms with E-state index in [-0.39, 0.29) is 13.2 Å². The van der Waals surface area contributed by atoms with Gasteiger partial charge in [-0.25, -0.2) is 0 Å². The van der Waals surface area contributed by atoms with E-state index in [1.807, 2.05) is 30.3 Å². The first-order valence-electron chi connectivity index (χ1n) is 7.53. The molecule has 0 spiro atoms. The largest absolute Gasteiger partial charge is 0.497 e. The highest BCUT2D eigenvalue weighted by molar-refractivity contribution is 5.52. The van der Waals surface area contributed by atoms with E-state index in [4.69, 9.17) is 9.47 Å². The molecule has 1 unspecified atom stereocenters. The SMILES string of the molecule is COc1ccc(OCC(O)Cn2nnc(-c3ccccc3)n2)cc1. The first-order valence-corrected chi connectivity index (χ1v) is 7.53. The highest BCUT2D eigenvalue weighted by atomic mass is 16.5. The Morgan fingerprint density at radius 1 is 1.04 bits per heavy atom. The Morgan fingerprint density at radius 3 is 2.46 bits per heavy atom. The number of rotatable bonds is 7. The van der Waals surface area contributed by atoms with Crippen molar-refractivity contribution in [2.75, 3.05) is 13.7 Å². The lowest BCUT2D eigenvalue weighted by molar-refractivity contribution is 0.0849. The van der Waals surface area contributed by atoms with Gasteiger partial charge in [-0.3, -0.25) is 0 Å². The van der Waals surface area contributed by atoms with Gasteiger partial charge in [-0.15, -0.1) is 10.2 Å². The molecule has 1 N–H and O–H groups in total. The number of methoxy groups -OCH3 is 1. The Labute approximate surface area is 139 Å². The zero-order chi connectivity index (χ0) is 16.8. The molecule has 0 aliphatic carbocycles. The lowest BCUT2D eigenvalue weighted by Gasteiger charge is -2.11. The van der Waals surface area contributed by atoms with Crippen LogP contribution in [0.4, 0.5) is 0 Å². The molecular formula is C17H18N4O3. The second-order valence-corrected chi connectivity index (χ2v) is 5.17. The minimum atomic E-state index is -0.745. The number of aromatic nitrogens is 4. The Hall–Kier alpha value is -2.93. The van der Waals surface area contributed by atoms with E-state index in [1.165, 1.54) is 4.80 Å². The van der Waals surface area contributed by atoms with Crippen LogP contribution in [0.15, 0.2) is 54.6 Å². The third-order valence-electron chi connectivity index (χ3n) is 3.36. The number of hydrogen-bond donors (Lipinski definition) is 1. The van der Waals surface area contributed by atoms with Crippen LogP contribution in [0.25, 0.3) is 11.4 Å². The van der Waals surface area contributed by atoms with E-state index in [0.717, 1.165) is 11.3 Å². The normalized spacial score (nSPS) is 11.9. The molecule has 124 valence electrons. The summed E-state index contributed by atoms with van der Waals surface area (Å²) in [4.78, 5) is 1.37. The van der Waals surface area contributed by atoms with Crippen molar-refractivity contribution in [1.29, 1.82) is 0 Å². The lowest BCUT2D eigenvalue weighted by Crippen LogP contribution is -2.24. The van der Waals surface area contributed by atoms with Crippen molar-refractivity contribution in [3.05, 3.63) is 54.6 Å². The first-order chi connectivity index (χ1) is 11.7. The Morgan fingerprint density at radius 2 is 1.75 bits per heavy atom. The van der Waals surface area contributed by atoms with Gasteiger partial charge in [-0.2, -0.15) is 4.80 Å². The number of aliphatic hydroxyl groups excluding tert-OH is 1. The Balaban J connectivity index is 1.53. The van der Waals surface area contributed by atoms with Crippen LogP contribution >= 0.6 is 0 Å². The molecule has 0 bridgehead atoms. The average Bonchev–Trinajstić information content (AvgIpc) is 3.09. The van der Waals surface area contributed by atoms with Crippen molar-refractivity contribution in [2.45, 2.75) is 12.6 Å². The number of benzene rings is 2. The van der Waals surface area contributed by atoms with E-state index in [1.54, 1.807) is 31.4 Å². The van der Waals surface area contributed by atoms with Gasteiger partial charge in [0.2, 0.25) is 5.82 Å². The van der Waals surface area contributed by atoms with Crippen molar-refractivity contribution in [3.8, 4) is 22.9 Å². The quantitative estimate of drug-likeness (QED) is 0.713. The molecule has 7 heteroatoms. The summed E-state index contributed by atoms with van der Waals surface area (Å²) in [6.07, 6.45) is -0.745. The maximum Gasteiger partial charge on any atom is 0.204 e. The van der Waals surface area contributed by atoms with Crippen LogP contribution in [-0.4, -0.2) is 45.1 Å². The number of tetrazole rings is 1. The minimum Gasteiger partial charge on any atom is -0.497 e. The minimum absolute atomic E-state index is 0.133. The summed E-state index contributed by atoms with van der Waals surface area (Å²) in [6.45, 7) is 0.338. The smallest absolute Gasteiger partial charge is 0.204 e. The average molecular weight is 326 g/mol. The van der Waals surface area contributed by atoms with Crippen LogP contribution in [0, 0.1) is 0 Å². The fraction of sp³-hybridized carbons (Fsp3) is 0.235. The fourth-order valence-electron chi connectivity index (χ4n) is 2.13. The van der Waals surface area contributed by atoms with Gasteiger partial charge in [0, 0.05) is 5.56 Å². The van der Waals surface area contributed by atoms with Crippen LogP contribution in [0.1, 0.15) is 0 Å². The second kappa shape index (κ2) is 7.56. The third kappa shape index (κ3) is 4.08. The molecule has 1 aromatic heterocycles. The van der Waals surface area contributed by atoms with Gasteiger partial charge in [0.15, 0.2) is 0 Å². The molecule has 0 fully saturated rings. The van der Waals surface area contributed by atoms with Gasteiger partial charge in [0.05, 0.1) is 13.7 Å². The zero-order valence-electron chi connectivity index (χ0n) is 13.2. The van der Waals surface area contributed by atoms with Crippen molar-refractivity contribution >= 4 is 0 Å². The third-order valence-corrected chi connectivity index (χ3v) is 3.36. The molecule has 0 radical (unpaired) electrons. The Kier molecular flexibility index (Phi) is 5.02. The second-order valence-electron chi connectivity index (χ2n) is 5.17. The fourth-order valence-corrected chi connectivity index (χ4v) is 2.13. The molecule has 24 heavy (non-hydrogen) atoms. The topological polar surface area (TPSA) is 82.3 Å². The van der Waals surface area contributed by atoms with Crippen molar-refractivity contribution in [1.82, 2.24) is 20.2 Å². The molecule has 0 aliphatic rings. The molecule has 0 aliphatic heterocycles. The highest BCUT2D eigenvalue weighted by Gasteiger charge is 2.11. The van der Waals surface area contributed by atoms with E-state index in [2.05, 4.69) is 15.4 Å². The number of aliphatic hydroxyl groups is 1. The van der Waals surface area contributed by atoms with Crippen molar-refractivity contribution < 1.29 is 14.6 Å². The molecule has 1 atom stereocenters. The standard InChI is InChI=1S/C17H18N4O3/c1-23-15-7-9-16(10-8-15)24-12-14(22)11-21-19-17(18-20-21)13-5-3-2-4-6-13/h2-10,14,22H,11-12H2,1H3. The van der Waals surface area contributed by atoms with Crippen LogP contribution in [-0.2, 0) is 6.54 Å². The molecule has 0 amide bonds. The van der Waals surface area contributed by atoms with Gasteiger partial charge in [-0.05, 0) is 29.5 Å². The van der Waals surface area contributed by atoms with Gasteiger partial charge in [0.25, 0.3) is 0 Å². The first kappa shape index (κ1) is 15.9. The summed E-state index contributed by atoms with van der Waals surface area (Å²) in [6, 6.07) is 16.7. The Bertz CT molecular complexity index is 759. The zero-order valence-corrected chi connectivity index (χ0v) is 13.2. The molecule has 1 heterocycles. The summed E-state index contributed by atoms with van der Waals surface area (Å²) < 4.78 is 10.6. The monoisotopic (exact) mass is 326 g/mol. The molecule has 3 aromatic rings. The molecule has 0 saturated heterocycles. The van der Waals surface area contributed by atoms with E-state index < -0.39 is 6.10 Å². The summed E-state index contributed by atoms with van der Waals surface area (Å²) in [5.74, 6) is 1.94. The van der Waals surface area contributed by atoms with E-state index in [9.17, 15) is 5.11 Å². The van der Waals surface area contributed by atoms with Crippen LogP contribution in [0.5, 0.6) is 11.5 Å². The maximum absolute atomic E-state index is 10.1. The highest BCUT2D eigenvalue weighted by Crippen LogP contribution is 2.17. The van der Waals surface area contributed by atoms with Crippen molar-refractivity contribution in [2.24, 2.45) is 0 Å². The summed E-state index contributed by atoms with van der Waals surface area (Å²) in [5.41, 5.74) is 0.882. The van der Waals surface area contributed by atoms with Gasteiger partial charge in [0.1, 0.15) is 24.2 Å². The summed E-state index contributed by atoms with van der Waals surface area (Å²) in [7, 11) is 1.61. The van der Waals surface area contributed by atoms with Gasteiger partial charge in [-0.1, -0.05) is 30.3 Å². The number of ether oxygens (including phenoxy) is 2. The van der Waals surface area contributed by atoms with Gasteiger partial charge < -0.3 is 14.6 Å². The number of hydrogen-bond acceptors (Lipinski definition) is 6. The maximum atomic E-state index is 10.1. The van der Waals surface area contributed by atoms with Gasteiger partial charge >= 0.3 is 0 Å². The van der Waals surface area contributed by atoms with E-state index in [0.29, 0.717) is 11.6 Å². The molecule has 7 nitrogen and oxygen atoms in total. The predicted molar refractivity (Wildman–Crippen MR) is 87.7 cm³/mol. The summed E-state index contributed by atoms with van der Waals surface area (Å²) in [5, 5.41) is 22.3. The van der Waals surface area contributed by atoms with Crippen LogP contribution in [0.3, 0.4) is 0 Å². The van der Waals surface area contributed by atoms with Crippen LogP contribution in [0.2, 0.25) is 0 Å². The van der Waals surface area contributed by atoms with E-state index >= 15 is 0 Å². The summed E-state index contributed by atoms with van der Waals surface area (Å²) >= 11 is 0.